The Hall–Kier alpha value is -0.620. The van der Waals surface area contributed by atoms with Crippen LogP contribution in [0.4, 0.5) is 0 Å². The Morgan fingerprint density at radius 3 is 1.92 bits per heavy atom. The van der Waals surface area contributed by atoms with E-state index in [9.17, 15) is 9.59 Å². The maximum Gasteiger partial charge on any atom is 0.304 e. The second-order valence-electron chi connectivity index (χ2n) is 8.11. The van der Waals surface area contributed by atoms with Gasteiger partial charge in [0, 0.05) is 23.3 Å². The zero-order chi connectivity index (χ0) is 18.9. The number of ether oxygens (including phenoxy) is 1. The predicted molar refractivity (Wildman–Crippen MR) is 104 cm³/mol. The van der Waals surface area contributed by atoms with Crippen molar-refractivity contribution in [2.75, 3.05) is 0 Å². The lowest BCUT2D eigenvalue weighted by Gasteiger charge is -2.45. The molecule has 3 unspecified atom stereocenters. The number of carbonyl (C=O) groups is 2. The van der Waals surface area contributed by atoms with Gasteiger partial charge in [-0.25, -0.2) is 0 Å². The molecular formula is C18H31NO3S2. The van der Waals surface area contributed by atoms with E-state index in [1.54, 1.807) is 35.3 Å². The molecule has 1 rings (SSSR count). The smallest absolute Gasteiger partial charge is 0.304 e. The highest BCUT2D eigenvalue weighted by atomic mass is 32.2. The highest BCUT2D eigenvalue weighted by molar-refractivity contribution is 8.01. The molecule has 6 heteroatoms. The number of carbonyl (C=O) groups excluding carboxylic acids is 2. The van der Waals surface area contributed by atoms with Crippen molar-refractivity contribution >= 4 is 35.4 Å². The average Bonchev–Trinajstić information content (AvgIpc) is 2.29. The van der Waals surface area contributed by atoms with Crippen molar-refractivity contribution in [3.05, 3.63) is 11.6 Å². The Bertz CT molecular complexity index is 517. The molecule has 0 bridgehead atoms. The topological polar surface area (TPSA) is 46.6 Å². The lowest BCUT2D eigenvalue weighted by Crippen LogP contribution is -2.55. The van der Waals surface area contributed by atoms with Gasteiger partial charge in [0.1, 0.15) is 5.37 Å². The van der Waals surface area contributed by atoms with Gasteiger partial charge >= 0.3 is 5.97 Å². The Kier molecular flexibility index (Phi) is 6.90. The number of esters is 1. The summed E-state index contributed by atoms with van der Waals surface area (Å²) >= 11 is 3.43. The van der Waals surface area contributed by atoms with Crippen molar-refractivity contribution in [2.45, 2.75) is 88.7 Å². The number of hydrogen-bond acceptors (Lipinski definition) is 5. The van der Waals surface area contributed by atoms with Crippen molar-refractivity contribution in [1.29, 1.82) is 0 Å². The van der Waals surface area contributed by atoms with E-state index in [4.69, 9.17) is 4.74 Å². The number of rotatable bonds is 3. The van der Waals surface area contributed by atoms with Crippen LogP contribution in [-0.4, -0.2) is 43.1 Å². The molecule has 0 saturated heterocycles. The molecule has 138 valence electrons. The second kappa shape index (κ2) is 7.73. The quantitative estimate of drug-likeness (QED) is 0.540. The fraction of sp³-hybridized carbons (Fsp3) is 0.778. The van der Waals surface area contributed by atoms with Crippen LogP contribution in [0.5, 0.6) is 0 Å². The summed E-state index contributed by atoms with van der Waals surface area (Å²) in [6.45, 7) is 17.8. The molecule has 3 atom stereocenters. The Labute approximate surface area is 155 Å². The molecule has 0 aliphatic carbocycles. The third-order valence-corrected chi connectivity index (χ3v) is 6.14. The van der Waals surface area contributed by atoms with Crippen molar-refractivity contribution in [2.24, 2.45) is 0 Å². The van der Waals surface area contributed by atoms with Gasteiger partial charge in [0.2, 0.25) is 5.91 Å². The summed E-state index contributed by atoms with van der Waals surface area (Å²) in [4.78, 5) is 25.8. The molecule has 0 aromatic rings. The first kappa shape index (κ1) is 21.4. The molecular weight excluding hydrogens is 342 g/mol. The van der Waals surface area contributed by atoms with E-state index in [-0.39, 0.29) is 32.0 Å². The Balaban J connectivity index is 3.32. The highest BCUT2D eigenvalue weighted by Crippen LogP contribution is 2.43. The van der Waals surface area contributed by atoms with Crippen LogP contribution in [0.1, 0.15) is 62.3 Å². The number of hydrogen-bond donors (Lipinski definition) is 0. The van der Waals surface area contributed by atoms with E-state index in [0.717, 1.165) is 5.57 Å². The average molecular weight is 374 g/mol. The molecule has 1 aliphatic heterocycles. The molecule has 0 fully saturated rings. The zero-order valence-corrected chi connectivity index (χ0v) is 17.9. The largest absolute Gasteiger partial charge is 0.440 e. The van der Waals surface area contributed by atoms with Crippen molar-refractivity contribution < 1.29 is 14.3 Å². The van der Waals surface area contributed by atoms with E-state index < -0.39 is 6.23 Å². The third kappa shape index (κ3) is 6.36. The first-order chi connectivity index (χ1) is 10.7. The molecule has 4 nitrogen and oxygen atoms in total. The molecule has 0 saturated carbocycles. The minimum absolute atomic E-state index is 0.00929. The summed E-state index contributed by atoms with van der Waals surface area (Å²) < 4.78 is 5.61. The maximum absolute atomic E-state index is 12.4. The van der Waals surface area contributed by atoms with Crippen LogP contribution in [0.15, 0.2) is 11.6 Å². The first-order valence-electron chi connectivity index (χ1n) is 8.21. The van der Waals surface area contributed by atoms with E-state index in [1.165, 1.54) is 6.92 Å². The molecule has 0 N–H and O–H groups in total. The van der Waals surface area contributed by atoms with Gasteiger partial charge in [-0.15, -0.1) is 23.5 Å². The molecule has 0 aromatic carbocycles. The molecule has 24 heavy (non-hydrogen) atoms. The summed E-state index contributed by atoms with van der Waals surface area (Å²) in [5.41, 5.74) is 1.15. The summed E-state index contributed by atoms with van der Waals surface area (Å²) in [6, 6.07) is 0. The normalized spacial score (nSPS) is 25.3. The fourth-order valence-corrected chi connectivity index (χ4v) is 5.27. The molecule has 1 heterocycles. The maximum atomic E-state index is 12.4. The number of thioether (sulfide) groups is 2. The van der Waals surface area contributed by atoms with Crippen LogP contribution in [0.2, 0.25) is 0 Å². The summed E-state index contributed by atoms with van der Waals surface area (Å²) in [7, 11) is 0. The molecule has 0 aromatic heterocycles. The van der Waals surface area contributed by atoms with Crippen molar-refractivity contribution in [3.8, 4) is 0 Å². The van der Waals surface area contributed by atoms with Gasteiger partial charge in [-0.3, -0.25) is 14.5 Å². The Morgan fingerprint density at radius 1 is 1.04 bits per heavy atom. The van der Waals surface area contributed by atoms with Gasteiger partial charge in [0.05, 0.1) is 5.25 Å². The van der Waals surface area contributed by atoms with Gasteiger partial charge in [0.15, 0.2) is 6.23 Å². The van der Waals surface area contributed by atoms with Crippen LogP contribution in [0.3, 0.4) is 0 Å². The minimum Gasteiger partial charge on any atom is -0.440 e. The van der Waals surface area contributed by atoms with Crippen molar-refractivity contribution in [1.82, 2.24) is 4.90 Å². The van der Waals surface area contributed by atoms with Crippen LogP contribution >= 0.6 is 23.5 Å². The molecule has 0 radical (unpaired) electrons. The van der Waals surface area contributed by atoms with Crippen LogP contribution in [0.25, 0.3) is 0 Å². The van der Waals surface area contributed by atoms with Gasteiger partial charge < -0.3 is 4.74 Å². The zero-order valence-electron chi connectivity index (χ0n) is 16.3. The lowest BCUT2D eigenvalue weighted by atomic mass is 10.1. The molecule has 1 amide bonds. The van der Waals surface area contributed by atoms with Gasteiger partial charge in [-0.1, -0.05) is 53.2 Å². The number of amides is 1. The van der Waals surface area contributed by atoms with E-state index in [0.29, 0.717) is 0 Å². The summed E-state index contributed by atoms with van der Waals surface area (Å²) in [6.07, 6.45) is 1.56. The summed E-state index contributed by atoms with van der Waals surface area (Å²) in [5.74, 6) is -0.439. The van der Waals surface area contributed by atoms with E-state index in [2.05, 4.69) is 54.5 Å². The highest BCUT2D eigenvalue weighted by Gasteiger charge is 2.43. The lowest BCUT2D eigenvalue weighted by molar-refractivity contribution is -0.162. The molecule has 1 aliphatic rings. The summed E-state index contributed by atoms with van der Waals surface area (Å²) in [5, 5.41) is -0.196. The second-order valence-corrected chi connectivity index (χ2v) is 12.0. The minimum atomic E-state index is -0.575. The van der Waals surface area contributed by atoms with Gasteiger partial charge in [-0.2, -0.15) is 0 Å². The SMILES string of the molecule is CC(=O)OC1C(SC(C)(C)C)C(C)=CC(SC(C)(C)C)N1C(C)=O. The van der Waals surface area contributed by atoms with Crippen LogP contribution < -0.4 is 0 Å². The molecule has 0 spiro atoms. The fourth-order valence-electron chi connectivity index (χ4n) is 2.55. The standard InChI is InChI=1S/C18H31NO3S2/c1-11-10-14(23-17(4,5)6)19(12(2)20)16(22-13(3)21)15(11)24-18(7,8)9/h10,14-16H,1-9H3. The predicted octanol–water partition coefficient (Wildman–Crippen LogP) is 4.44. The first-order valence-corrected chi connectivity index (χ1v) is 9.97. The Morgan fingerprint density at radius 2 is 1.54 bits per heavy atom. The monoisotopic (exact) mass is 373 g/mol. The van der Waals surface area contributed by atoms with E-state index in [1.807, 2.05) is 0 Å². The van der Waals surface area contributed by atoms with E-state index >= 15 is 0 Å². The number of nitrogens with zero attached hydrogens (tertiary/aromatic N) is 1. The van der Waals surface area contributed by atoms with Crippen molar-refractivity contribution in [3.63, 3.8) is 0 Å². The third-order valence-electron chi connectivity index (χ3n) is 3.27. The van der Waals surface area contributed by atoms with Crippen LogP contribution in [0, 0.1) is 0 Å². The van der Waals surface area contributed by atoms with Gasteiger partial charge in [-0.05, 0) is 6.92 Å². The van der Waals surface area contributed by atoms with Crippen LogP contribution in [-0.2, 0) is 14.3 Å². The van der Waals surface area contributed by atoms with Gasteiger partial charge in [0.25, 0.3) is 0 Å².